The molecule has 114 valence electrons. The second-order valence-electron chi connectivity index (χ2n) is 4.99. The third kappa shape index (κ3) is 3.61. The van der Waals surface area contributed by atoms with Crippen LogP contribution in [0.4, 0.5) is 4.39 Å². The Bertz CT molecular complexity index is 542. The van der Waals surface area contributed by atoms with E-state index in [-0.39, 0.29) is 19.1 Å². The lowest BCUT2D eigenvalue weighted by atomic mass is 9.98. The Morgan fingerprint density at radius 3 is 3.00 bits per heavy atom. The molecule has 2 rings (SSSR count). The van der Waals surface area contributed by atoms with Crippen LogP contribution < -0.4 is 4.74 Å². The van der Waals surface area contributed by atoms with Crippen molar-refractivity contribution in [3.63, 3.8) is 0 Å². The Morgan fingerprint density at radius 2 is 2.33 bits per heavy atom. The van der Waals surface area contributed by atoms with Crippen molar-refractivity contribution >= 4 is 5.91 Å². The van der Waals surface area contributed by atoms with Crippen molar-refractivity contribution in [3.8, 4) is 5.75 Å². The summed E-state index contributed by atoms with van der Waals surface area (Å²) in [7, 11) is 0. The van der Waals surface area contributed by atoms with Crippen LogP contribution in [0.5, 0.6) is 5.75 Å². The first-order valence-corrected chi connectivity index (χ1v) is 7.13. The molecule has 0 spiro atoms. The summed E-state index contributed by atoms with van der Waals surface area (Å²) >= 11 is 0. The second-order valence-corrected chi connectivity index (χ2v) is 4.99. The number of β-amino-alcohol motifs (C(OH)–C–C–N with tert-alkyl or cyclic N) is 1. The molecule has 1 aromatic rings. The molecule has 0 saturated carbocycles. The summed E-state index contributed by atoms with van der Waals surface area (Å²) in [4.78, 5) is 13.8. The maximum atomic E-state index is 12.5. The van der Waals surface area contributed by atoms with Crippen LogP contribution in [-0.4, -0.2) is 42.2 Å². The molecule has 5 heteroatoms. The van der Waals surface area contributed by atoms with Crippen LogP contribution in [0, 0.1) is 0 Å². The molecular formula is C16H20FNO3. The van der Waals surface area contributed by atoms with Gasteiger partial charge in [-0.25, -0.2) is 4.39 Å². The molecule has 0 atom stereocenters. The largest absolute Gasteiger partial charge is 0.489 e. The number of hydrogen-bond donors (Lipinski definition) is 1. The van der Waals surface area contributed by atoms with E-state index in [2.05, 4.69) is 0 Å². The van der Waals surface area contributed by atoms with Gasteiger partial charge in [0.2, 0.25) is 0 Å². The van der Waals surface area contributed by atoms with Crippen LogP contribution in [0.15, 0.2) is 30.1 Å². The van der Waals surface area contributed by atoms with Gasteiger partial charge in [0.1, 0.15) is 12.4 Å². The van der Waals surface area contributed by atoms with Crippen molar-refractivity contribution < 1.29 is 19.0 Å². The molecular weight excluding hydrogens is 273 g/mol. The van der Waals surface area contributed by atoms with Crippen molar-refractivity contribution in [3.05, 3.63) is 41.2 Å². The summed E-state index contributed by atoms with van der Waals surface area (Å²) in [6.45, 7) is 3.02. The molecule has 1 aromatic carbocycles. The number of rotatable bonds is 6. The normalized spacial score (nSPS) is 15.1. The first-order chi connectivity index (χ1) is 10.2. The fourth-order valence-electron chi connectivity index (χ4n) is 2.32. The zero-order valence-electron chi connectivity index (χ0n) is 12.1. The van der Waals surface area contributed by atoms with E-state index in [1.165, 1.54) is 0 Å². The van der Waals surface area contributed by atoms with E-state index in [4.69, 9.17) is 9.84 Å². The number of benzene rings is 1. The van der Waals surface area contributed by atoms with Gasteiger partial charge in [0.15, 0.2) is 0 Å². The first kappa shape index (κ1) is 15.5. The van der Waals surface area contributed by atoms with Crippen LogP contribution in [0.25, 0.3) is 0 Å². The highest BCUT2D eigenvalue weighted by atomic mass is 19.1. The van der Waals surface area contributed by atoms with Gasteiger partial charge in [-0.3, -0.25) is 4.79 Å². The maximum absolute atomic E-state index is 12.5. The van der Waals surface area contributed by atoms with Gasteiger partial charge in [-0.15, -0.1) is 0 Å². The maximum Gasteiger partial charge on any atom is 0.254 e. The third-order valence-electron chi connectivity index (χ3n) is 3.65. The monoisotopic (exact) mass is 293 g/mol. The predicted octanol–water partition coefficient (Wildman–Crippen LogP) is 2.32. The molecule has 1 aliphatic rings. The molecule has 1 heterocycles. The molecule has 0 unspecified atom stereocenters. The summed E-state index contributed by atoms with van der Waals surface area (Å²) in [6.07, 6.45) is 1.92. The van der Waals surface area contributed by atoms with Gasteiger partial charge in [-0.2, -0.15) is 0 Å². The molecule has 0 aromatic heterocycles. The number of carbonyl (C=O) groups is 1. The summed E-state index contributed by atoms with van der Waals surface area (Å²) < 4.78 is 18.0. The number of hydrogen-bond acceptors (Lipinski definition) is 3. The average Bonchev–Trinajstić information content (AvgIpc) is 2.51. The number of nitrogens with zero attached hydrogens (tertiary/aromatic N) is 1. The summed E-state index contributed by atoms with van der Waals surface area (Å²) in [6, 6.07) is 5.31. The molecule has 4 nitrogen and oxygen atoms in total. The predicted molar refractivity (Wildman–Crippen MR) is 78.1 cm³/mol. The highest BCUT2D eigenvalue weighted by molar-refractivity contribution is 5.96. The van der Waals surface area contributed by atoms with E-state index in [9.17, 15) is 9.18 Å². The number of halogens is 1. The Morgan fingerprint density at radius 1 is 1.52 bits per heavy atom. The number of aliphatic hydroxyl groups is 1. The quantitative estimate of drug-likeness (QED) is 0.875. The Balaban J connectivity index is 2.09. The van der Waals surface area contributed by atoms with Crippen LogP contribution in [0.3, 0.4) is 0 Å². The SMILES string of the molecule is CC/C(=C/F)COc1ccc2c(c1)CCN(CCO)C2=O. The van der Waals surface area contributed by atoms with Crippen LogP contribution in [-0.2, 0) is 6.42 Å². The third-order valence-corrected chi connectivity index (χ3v) is 3.65. The lowest BCUT2D eigenvalue weighted by Gasteiger charge is -2.28. The first-order valence-electron chi connectivity index (χ1n) is 7.13. The smallest absolute Gasteiger partial charge is 0.254 e. The average molecular weight is 293 g/mol. The highest BCUT2D eigenvalue weighted by Crippen LogP contribution is 2.24. The zero-order chi connectivity index (χ0) is 15.2. The van der Waals surface area contributed by atoms with Gasteiger partial charge < -0.3 is 14.7 Å². The van der Waals surface area contributed by atoms with Crippen molar-refractivity contribution in [2.75, 3.05) is 26.3 Å². The minimum atomic E-state index is -0.0604. The van der Waals surface area contributed by atoms with Crippen molar-refractivity contribution in [1.82, 2.24) is 4.90 Å². The molecule has 1 amide bonds. The summed E-state index contributed by atoms with van der Waals surface area (Å²) in [5, 5.41) is 8.95. The van der Waals surface area contributed by atoms with Gasteiger partial charge in [0, 0.05) is 18.7 Å². The fraction of sp³-hybridized carbons (Fsp3) is 0.438. The van der Waals surface area contributed by atoms with Crippen molar-refractivity contribution in [2.45, 2.75) is 19.8 Å². The van der Waals surface area contributed by atoms with Gasteiger partial charge in [-0.1, -0.05) is 6.92 Å². The van der Waals surface area contributed by atoms with E-state index >= 15 is 0 Å². The van der Waals surface area contributed by atoms with E-state index in [1.54, 1.807) is 17.0 Å². The minimum Gasteiger partial charge on any atom is -0.489 e. The van der Waals surface area contributed by atoms with Gasteiger partial charge in [0.25, 0.3) is 5.91 Å². The highest BCUT2D eigenvalue weighted by Gasteiger charge is 2.24. The van der Waals surface area contributed by atoms with E-state index in [1.807, 2.05) is 13.0 Å². The molecule has 0 bridgehead atoms. The second kappa shape index (κ2) is 7.22. The van der Waals surface area contributed by atoms with E-state index in [0.717, 1.165) is 12.0 Å². The molecule has 1 N–H and O–H groups in total. The van der Waals surface area contributed by atoms with E-state index < -0.39 is 0 Å². The molecule has 0 fully saturated rings. The molecule has 0 radical (unpaired) electrons. The van der Waals surface area contributed by atoms with Crippen LogP contribution in [0.2, 0.25) is 0 Å². The Kier molecular flexibility index (Phi) is 5.33. The van der Waals surface area contributed by atoms with E-state index in [0.29, 0.717) is 42.7 Å². The lowest BCUT2D eigenvalue weighted by molar-refractivity contribution is 0.0705. The van der Waals surface area contributed by atoms with Crippen molar-refractivity contribution in [2.24, 2.45) is 0 Å². The number of ether oxygens (including phenoxy) is 1. The van der Waals surface area contributed by atoms with Gasteiger partial charge >= 0.3 is 0 Å². The Labute approximate surface area is 123 Å². The zero-order valence-corrected chi connectivity index (χ0v) is 12.1. The molecule has 21 heavy (non-hydrogen) atoms. The van der Waals surface area contributed by atoms with Gasteiger partial charge in [0.05, 0.1) is 12.9 Å². The molecule has 0 aliphatic carbocycles. The fourth-order valence-corrected chi connectivity index (χ4v) is 2.32. The van der Waals surface area contributed by atoms with Crippen LogP contribution >= 0.6 is 0 Å². The van der Waals surface area contributed by atoms with Crippen molar-refractivity contribution in [1.29, 1.82) is 0 Å². The molecule has 0 saturated heterocycles. The Hall–Kier alpha value is -1.88. The number of amides is 1. The topological polar surface area (TPSA) is 49.8 Å². The van der Waals surface area contributed by atoms with Crippen LogP contribution in [0.1, 0.15) is 29.3 Å². The number of aliphatic hydroxyl groups excluding tert-OH is 1. The van der Waals surface area contributed by atoms with Gasteiger partial charge in [-0.05, 0) is 42.2 Å². The number of fused-ring (bicyclic) bond motifs is 1. The minimum absolute atomic E-state index is 0.0301. The molecule has 1 aliphatic heterocycles. The standard InChI is InChI=1S/C16H20FNO3/c1-2-12(10-17)11-21-14-3-4-15-13(9-14)5-6-18(7-8-19)16(15)20/h3-4,9-10,19H,2,5-8,11H2,1H3/b12-10-. The number of carbonyl (C=O) groups excluding carboxylic acids is 1. The lowest BCUT2D eigenvalue weighted by Crippen LogP contribution is -2.39. The summed E-state index contributed by atoms with van der Waals surface area (Å²) in [5.74, 6) is 0.583. The summed E-state index contributed by atoms with van der Waals surface area (Å²) in [5.41, 5.74) is 2.19.